The summed E-state index contributed by atoms with van der Waals surface area (Å²) >= 11 is 0. The van der Waals surface area contributed by atoms with Gasteiger partial charge in [-0.25, -0.2) is 27.3 Å². The molecular formula is C30H35FN4O6S. The third-order valence-corrected chi connectivity index (χ3v) is 8.36. The minimum absolute atomic E-state index is 0.0125. The van der Waals surface area contributed by atoms with Crippen LogP contribution in [0.3, 0.4) is 0 Å². The van der Waals surface area contributed by atoms with Crippen LogP contribution < -0.4 is 4.72 Å². The standard InChI is InChI=1S/C30H35FN4O6S/c1-5-9-27-32-25(6-2)28(30(36)37)35(27)17-21-12-13-23(22(16-21)18-40-15-14-31)24-10-7-8-11-26(24)42(38,39)34-29-19(3)20(4)33-41-29/h7-8,10-13,16,34H,5-6,9,14-15,17-18H2,1-4H3,(H,36,37). The van der Waals surface area contributed by atoms with Crippen LogP contribution in [0.5, 0.6) is 0 Å². The number of hydrogen-bond acceptors (Lipinski definition) is 7. The van der Waals surface area contributed by atoms with Crippen molar-refractivity contribution in [3.8, 4) is 11.1 Å². The lowest BCUT2D eigenvalue weighted by Gasteiger charge is -2.17. The SMILES string of the molecule is CCCc1nc(CC)c(C(=O)O)n1Cc1ccc(-c2ccccc2S(=O)(=O)Nc2onc(C)c2C)c(COCCF)c1. The Labute approximate surface area is 244 Å². The molecule has 0 aliphatic carbocycles. The largest absolute Gasteiger partial charge is 0.477 e. The molecule has 0 bridgehead atoms. The highest BCUT2D eigenvalue weighted by Crippen LogP contribution is 2.33. The van der Waals surface area contributed by atoms with E-state index in [2.05, 4.69) is 14.9 Å². The van der Waals surface area contributed by atoms with Crippen LogP contribution in [0.25, 0.3) is 11.1 Å². The smallest absolute Gasteiger partial charge is 0.354 e. The molecule has 0 atom stereocenters. The van der Waals surface area contributed by atoms with E-state index in [9.17, 15) is 22.7 Å². The van der Waals surface area contributed by atoms with Gasteiger partial charge in [-0.05, 0) is 49.4 Å². The summed E-state index contributed by atoms with van der Waals surface area (Å²) in [6.45, 7) is 6.77. The number of imidazole rings is 1. The number of anilines is 1. The summed E-state index contributed by atoms with van der Waals surface area (Å²) in [5.74, 6) is -0.326. The molecule has 0 saturated heterocycles. The Balaban J connectivity index is 1.79. The van der Waals surface area contributed by atoms with Crippen LogP contribution in [-0.2, 0) is 40.8 Å². The Morgan fingerprint density at radius 2 is 1.90 bits per heavy atom. The Bertz CT molecular complexity index is 1680. The summed E-state index contributed by atoms with van der Waals surface area (Å²) in [7, 11) is -4.09. The number of ether oxygens (including phenoxy) is 1. The van der Waals surface area contributed by atoms with Gasteiger partial charge < -0.3 is 18.9 Å². The molecule has 2 heterocycles. The molecule has 224 valence electrons. The first-order valence-corrected chi connectivity index (χ1v) is 15.2. The second-order valence-electron chi connectivity index (χ2n) is 9.88. The number of carboxylic acids is 1. The van der Waals surface area contributed by atoms with Gasteiger partial charge in [0.1, 0.15) is 12.5 Å². The van der Waals surface area contributed by atoms with Crippen molar-refractivity contribution in [1.29, 1.82) is 0 Å². The van der Waals surface area contributed by atoms with Crippen LogP contribution >= 0.6 is 0 Å². The second-order valence-corrected chi connectivity index (χ2v) is 11.5. The van der Waals surface area contributed by atoms with E-state index in [4.69, 9.17) is 9.26 Å². The molecule has 0 fully saturated rings. The van der Waals surface area contributed by atoms with Crippen molar-refractivity contribution in [2.45, 2.75) is 65.0 Å². The van der Waals surface area contributed by atoms with E-state index in [0.29, 0.717) is 52.3 Å². The molecule has 0 aliphatic rings. The minimum Gasteiger partial charge on any atom is -0.477 e. The topological polar surface area (TPSA) is 137 Å². The molecule has 42 heavy (non-hydrogen) atoms. The first-order chi connectivity index (χ1) is 20.1. The Hall–Kier alpha value is -4.03. The van der Waals surface area contributed by atoms with Gasteiger partial charge in [0.25, 0.3) is 10.0 Å². The van der Waals surface area contributed by atoms with Gasteiger partial charge in [0.2, 0.25) is 5.88 Å². The molecular weight excluding hydrogens is 563 g/mol. The third kappa shape index (κ3) is 6.55. The van der Waals surface area contributed by atoms with E-state index in [-0.39, 0.29) is 36.2 Å². The number of carboxylic acid groups (broad SMARTS) is 1. The fraction of sp³-hybridized carbons (Fsp3) is 0.367. The van der Waals surface area contributed by atoms with Crippen LogP contribution in [-0.4, -0.2) is 47.5 Å². The van der Waals surface area contributed by atoms with Gasteiger partial charge in [-0.2, -0.15) is 0 Å². The number of aromatic nitrogens is 3. The van der Waals surface area contributed by atoms with E-state index < -0.39 is 22.7 Å². The molecule has 2 N–H and O–H groups in total. The fourth-order valence-electron chi connectivity index (χ4n) is 4.78. The maximum Gasteiger partial charge on any atom is 0.354 e. The van der Waals surface area contributed by atoms with Gasteiger partial charge in [0.15, 0.2) is 5.69 Å². The minimum atomic E-state index is -4.09. The molecule has 0 amide bonds. The lowest BCUT2D eigenvalue weighted by molar-refractivity contribution is 0.0684. The molecule has 4 rings (SSSR count). The molecule has 0 radical (unpaired) electrons. The predicted molar refractivity (Wildman–Crippen MR) is 156 cm³/mol. The van der Waals surface area contributed by atoms with Crippen LogP contribution in [0.1, 0.15) is 64.7 Å². The van der Waals surface area contributed by atoms with Crippen molar-refractivity contribution in [3.05, 3.63) is 82.1 Å². The molecule has 0 saturated carbocycles. The van der Waals surface area contributed by atoms with Gasteiger partial charge in [-0.15, -0.1) is 0 Å². The summed E-state index contributed by atoms with van der Waals surface area (Å²) in [4.78, 5) is 16.8. The normalized spacial score (nSPS) is 11.6. The molecule has 0 spiro atoms. The van der Waals surface area contributed by atoms with E-state index in [1.807, 2.05) is 26.0 Å². The van der Waals surface area contributed by atoms with Gasteiger partial charge >= 0.3 is 5.97 Å². The highest BCUT2D eigenvalue weighted by molar-refractivity contribution is 7.92. The number of nitrogens with one attached hydrogen (secondary N) is 1. The lowest BCUT2D eigenvalue weighted by atomic mass is 9.97. The molecule has 0 aliphatic heterocycles. The monoisotopic (exact) mass is 598 g/mol. The van der Waals surface area contributed by atoms with E-state index in [1.165, 1.54) is 6.07 Å². The van der Waals surface area contributed by atoms with E-state index >= 15 is 0 Å². The second kappa shape index (κ2) is 13.3. The van der Waals surface area contributed by atoms with Crippen LogP contribution in [0.4, 0.5) is 10.3 Å². The number of hydrogen-bond donors (Lipinski definition) is 2. The summed E-state index contributed by atoms with van der Waals surface area (Å²) in [6, 6.07) is 12.0. The number of alkyl halides is 1. The van der Waals surface area contributed by atoms with Crippen LogP contribution in [0.2, 0.25) is 0 Å². The van der Waals surface area contributed by atoms with Gasteiger partial charge in [-0.3, -0.25) is 0 Å². The Morgan fingerprint density at radius 3 is 2.55 bits per heavy atom. The maximum absolute atomic E-state index is 13.5. The average molecular weight is 599 g/mol. The van der Waals surface area contributed by atoms with Gasteiger partial charge in [-0.1, -0.05) is 55.4 Å². The Morgan fingerprint density at radius 1 is 1.14 bits per heavy atom. The molecule has 2 aromatic carbocycles. The lowest BCUT2D eigenvalue weighted by Crippen LogP contribution is -2.15. The number of sulfonamides is 1. The first-order valence-electron chi connectivity index (χ1n) is 13.7. The number of aromatic carboxylic acids is 1. The highest BCUT2D eigenvalue weighted by atomic mass is 32.2. The molecule has 4 aromatic rings. The van der Waals surface area contributed by atoms with Crippen LogP contribution in [0.15, 0.2) is 51.9 Å². The first kappa shape index (κ1) is 30.9. The molecule has 10 nitrogen and oxygen atoms in total. The van der Waals surface area contributed by atoms with Crippen molar-refractivity contribution in [2.75, 3.05) is 18.0 Å². The number of halogens is 1. The summed E-state index contributed by atoms with van der Waals surface area (Å²) in [6.07, 6.45) is 1.90. The molecule has 2 aromatic heterocycles. The van der Waals surface area contributed by atoms with Crippen molar-refractivity contribution in [1.82, 2.24) is 14.7 Å². The number of benzene rings is 2. The van der Waals surface area contributed by atoms with Crippen molar-refractivity contribution >= 4 is 21.9 Å². The number of rotatable bonds is 14. The quantitative estimate of drug-likeness (QED) is 0.176. The van der Waals surface area contributed by atoms with Crippen LogP contribution in [0, 0.1) is 13.8 Å². The molecule has 0 unspecified atom stereocenters. The summed E-state index contributed by atoms with van der Waals surface area (Å²) in [5.41, 5.74) is 4.22. The zero-order chi connectivity index (χ0) is 30.4. The fourth-order valence-corrected chi connectivity index (χ4v) is 6.05. The highest BCUT2D eigenvalue weighted by Gasteiger charge is 2.25. The van der Waals surface area contributed by atoms with E-state index in [0.717, 1.165) is 12.0 Å². The maximum atomic E-state index is 13.5. The zero-order valence-corrected chi connectivity index (χ0v) is 24.9. The van der Waals surface area contributed by atoms with Gasteiger partial charge in [0.05, 0.1) is 29.5 Å². The Kier molecular flexibility index (Phi) is 9.79. The molecule has 12 heteroatoms. The van der Waals surface area contributed by atoms with Crippen molar-refractivity contribution < 1.29 is 32.0 Å². The third-order valence-electron chi connectivity index (χ3n) is 6.97. The number of aryl methyl sites for hydroxylation is 3. The van der Waals surface area contributed by atoms with Crippen molar-refractivity contribution in [2.24, 2.45) is 0 Å². The predicted octanol–water partition coefficient (Wildman–Crippen LogP) is 5.70. The summed E-state index contributed by atoms with van der Waals surface area (Å²) in [5, 5.41) is 13.8. The number of nitrogens with zero attached hydrogens (tertiary/aromatic N) is 3. The summed E-state index contributed by atoms with van der Waals surface area (Å²) < 4.78 is 54.9. The van der Waals surface area contributed by atoms with E-state index in [1.54, 1.807) is 42.7 Å². The van der Waals surface area contributed by atoms with Gasteiger partial charge in [0, 0.05) is 24.1 Å². The zero-order valence-electron chi connectivity index (χ0n) is 24.1. The number of carbonyl (C=O) groups is 1. The average Bonchev–Trinajstić information content (AvgIpc) is 3.47. The van der Waals surface area contributed by atoms with Crippen molar-refractivity contribution in [3.63, 3.8) is 0 Å².